The fourth-order valence-electron chi connectivity index (χ4n) is 1.04. The minimum absolute atomic E-state index is 0.447. The molecule has 1 heterocycles. The molecule has 0 amide bonds. The van der Waals surface area contributed by atoms with Crippen molar-refractivity contribution in [3.8, 4) is 6.01 Å². The first kappa shape index (κ1) is 11.4. The zero-order valence-corrected chi connectivity index (χ0v) is 10.1. The van der Waals surface area contributed by atoms with E-state index in [0.717, 1.165) is 16.9 Å². The molecule has 1 rings (SSSR count). The Bertz CT molecular complexity index is 279. The van der Waals surface area contributed by atoms with E-state index in [2.05, 4.69) is 39.7 Å². The molecule has 0 aliphatic carbocycles. The second kappa shape index (κ2) is 5.96. The van der Waals surface area contributed by atoms with Gasteiger partial charge in [-0.1, -0.05) is 13.8 Å². The molecule has 0 atom stereocenters. The molecule has 0 bridgehead atoms. The van der Waals surface area contributed by atoms with Gasteiger partial charge in [0, 0.05) is 6.20 Å². The van der Waals surface area contributed by atoms with Gasteiger partial charge in [-0.15, -0.1) is 0 Å². The Morgan fingerprint density at radius 3 is 2.93 bits per heavy atom. The van der Waals surface area contributed by atoms with Crippen molar-refractivity contribution in [3.05, 3.63) is 16.9 Å². The van der Waals surface area contributed by atoms with Crippen LogP contribution in [0.15, 0.2) is 16.9 Å². The number of hydrogen-bond acceptors (Lipinski definition) is 3. The summed E-state index contributed by atoms with van der Waals surface area (Å²) in [5, 5.41) is 0. The maximum Gasteiger partial charge on any atom is 0.317 e. The number of halogens is 1. The fraction of sp³-hybridized carbons (Fsp3) is 0.600. The molecule has 0 aliphatic heterocycles. The van der Waals surface area contributed by atoms with Gasteiger partial charge in [0.25, 0.3) is 0 Å². The van der Waals surface area contributed by atoms with E-state index >= 15 is 0 Å². The number of ether oxygens (including phenoxy) is 1. The molecule has 4 heteroatoms. The summed E-state index contributed by atoms with van der Waals surface area (Å²) < 4.78 is 6.14. The lowest BCUT2D eigenvalue weighted by Gasteiger charge is -2.05. The second-order valence-electron chi connectivity index (χ2n) is 3.55. The summed E-state index contributed by atoms with van der Waals surface area (Å²) in [4.78, 5) is 8.07. The normalized spacial score (nSPS) is 10.6. The second-order valence-corrected chi connectivity index (χ2v) is 4.36. The van der Waals surface area contributed by atoms with E-state index in [0.29, 0.717) is 12.6 Å². The highest BCUT2D eigenvalue weighted by Crippen LogP contribution is 2.09. The first-order valence-electron chi connectivity index (χ1n) is 4.80. The molecule has 0 aromatic carbocycles. The first-order chi connectivity index (χ1) is 6.68. The van der Waals surface area contributed by atoms with Gasteiger partial charge in [-0.2, -0.15) is 4.98 Å². The minimum atomic E-state index is 0.447. The summed E-state index contributed by atoms with van der Waals surface area (Å²) in [7, 11) is 0. The van der Waals surface area contributed by atoms with E-state index < -0.39 is 0 Å². The van der Waals surface area contributed by atoms with Crippen molar-refractivity contribution >= 4 is 15.9 Å². The lowest BCUT2D eigenvalue weighted by molar-refractivity contribution is 0.275. The van der Waals surface area contributed by atoms with Gasteiger partial charge in [0.1, 0.15) is 4.60 Å². The van der Waals surface area contributed by atoms with Gasteiger partial charge in [0.2, 0.25) is 0 Å². The van der Waals surface area contributed by atoms with E-state index in [9.17, 15) is 0 Å². The SMILES string of the molecule is CC(C)CCCOc1nccc(Br)n1. The summed E-state index contributed by atoms with van der Waals surface area (Å²) in [6, 6.07) is 2.23. The van der Waals surface area contributed by atoms with Crippen molar-refractivity contribution in [1.29, 1.82) is 0 Å². The predicted octanol–water partition coefficient (Wildman–Crippen LogP) is 3.05. The molecule has 0 fully saturated rings. The molecule has 0 spiro atoms. The monoisotopic (exact) mass is 258 g/mol. The molecule has 1 aromatic heterocycles. The van der Waals surface area contributed by atoms with Gasteiger partial charge in [0.15, 0.2) is 0 Å². The maximum atomic E-state index is 5.38. The van der Waals surface area contributed by atoms with Crippen LogP contribution in [0.4, 0.5) is 0 Å². The quantitative estimate of drug-likeness (QED) is 0.602. The molecule has 78 valence electrons. The topological polar surface area (TPSA) is 35.0 Å². The van der Waals surface area contributed by atoms with Crippen LogP contribution in [0.2, 0.25) is 0 Å². The largest absolute Gasteiger partial charge is 0.463 e. The number of nitrogens with zero attached hydrogens (tertiary/aromatic N) is 2. The Morgan fingerprint density at radius 1 is 1.50 bits per heavy atom. The number of aromatic nitrogens is 2. The van der Waals surface area contributed by atoms with Crippen LogP contribution in [0.5, 0.6) is 6.01 Å². The van der Waals surface area contributed by atoms with Gasteiger partial charge >= 0.3 is 6.01 Å². The molecular weight excluding hydrogens is 244 g/mol. The summed E-state index contributed by atoms with van der Waals surface area (Å²) in [6.45, 7) is 5.10. The van der Waals surface area contributed by atoms with Crippen LogP contribution in [0.3, 0.4) is 0 Å². The third kappa shape index (κ3) is 4.56. The van der Waals surface area contributed by atoms with E-state index in [4.69, 9.17) is 4.74 Å². The highest BCUT2D eigenvalue weighted by Gasteiger charge is 1.98. The molecule has 0 radical (unpaired) electrons. The Labute approximate surface area is 93.0 Å². The Morgan fingerprint density at radius 2 is 2.29 bits per heavy atom. The number of rotatable bonds is 5. The Hall–Kier alpha value is -0.640. The smallest absolute Gasteiger partial charge is 0.317 e. The molecule has 0 unspecified atom stereocenters. The van der Waals surface area contributed by atoms with Crippen molar-refractivity contribution in [2.75, 3.05) is 6.61 Å². The summed E-state index contributed by atoms with van der Waals surface area (Å²) in [5.41, 5.74) is 0. The molecule has 0 saturated heterocycles. The molecule has 1 aromatic rings. The third-order valence-electron chi connectivity index (χ3n) is 1.76. The zero-order valence-electron chi connectivity index (χ0n) is 8.53. The van der Waals surface area contributed by atoms with Crippen molar-refractivity contribution in [1.82, 2.24) is 9.97 Å². The first-order valence-corrected chi connectivity index (χ1v) is 5.59. The molecule has 14 heavy (non-hydrogen) atoms. The molecular formula is C10H15BrN2O. The summed E-state index contributed by atoms with van der Waals surface area (Å²) >= 11 is 3.26. The van der Waals surface area contributed by atoms with Crippen LogP contribution >= 0.6 is 15.9 Å². The maximum absolute atomic E-state index is 5.38. The van der Waals surface area contributed by atoms with Gasteiger partial charge in [0.05, 0.1) is 6.61 Å². The average molecular weight is 259 g/mol. The van der Waals surface area contributed by atoms with Gasteiger partial charge in [-0.3, -0.25) is 0 Å². The molecule has 0 N–H and O–H groups in total. The summed E-state index contributed by atoms with van der Waals surface area (Å²) in [6.07, 6.45) is 3.90. The Balaban J connectivity index is 2.25. The van der Waals surface area contributed by atoms with Crippen LogP contribution in [0.25, 0.3) is 0 Å². The highest BCUT2D eigenvalue weighted by atomic mass is 79.9. The van der Waals surface area contributed by atoms with Crippen molar-refractivity contribution in [2.24, 2.45) is 5.92 Å². The van der Waals surface area contributed by atoms with Gasteiger partial charge < -0.3 is 4.74 Å². The van der Waals surface area contributed by atoms with Crippen molar-refractivity contribution in [2.45, 2.75) is 26.7 Å². The van der Waals surface area contributed by atoms with Crippen LogP contribution in [0, 0.1) is 5.92 Å². The van der Waals surface area contributed by atoms with E-state index in [-0.39, 0.29) is 0 Å². The standard InChI is InChI=1S/C10H15BrN2O/c1-8(2)4-3-7-14-10-12-6-5-9(11)13-10/h5-6,8H,3-4,7H2,1-2H3. The van der Waals surface area contributed by atoms with Crippen LogP contribution in [0.1, 0.15) is 26.7 Å². The van der Waals surface area contributed by atoms with Crippen molar-refractivity contribution < 1.29 is 4.74 Å². The minimum Gasteiger partial charge on any atom is -0.463 e. The van der Waals surface area contributed by atoms with Crippen LogP contribution in [-0.2, 0) is 0 Å². The van der Waals surface area contributed by atoms with E-state index in [1.165, 1.54) is 6.42 Å². The Kier molecular flexibility index (Phi) is 4.87. The van der Waals surface area contributed by atoms with E-state index in [1.807, 2.05) is 0 Å². The summed E-state index contributed by atoms with van der Waals surface area (Å²) in [5.74, 6) is 0.724. The van der Waals surface area contributed by atoms with Gasteiger partial charge in [-0.25, -0.2) is 4.98 Å². The number of hydrogen-bond donors (Lipinski definition) is 0. The van der Waals surface area contributed by atoms with E-state index in [1.54, 1.807) is 12.3 Å². The molecule has 0 aliphatic rings. The predicted molar refractivity (Wildman–Crippen MR) is 59.3 cm³/mol. The highest BCUT2D eigenvalue weighted by molar-refractivity contribution is 9.10. The third-order valence-corrected chi connectivity index (χ3v) is 2.20. The fourth-order valence-corrected chi connectivity index (χ4v) is 1.31. The van der Waals surface area contributed by atoms with Crippen molar-refractivity contribution in [3.63, 3.8) is 0 Å². The molecule has 0 saturated carbocycles. The lowest BCUT2D eigenvalue weighted by Crippen LogP contribution is -2.02. The average Bonchev–Trinajstić information content (AvgIpc) is 2.12. The van der Waals surface area contributed by atoms with Crippen LogP contribution in [-0.4, -0.2) is 16.6 Å². The molecule has 3 nitrogen and oxygen atoms in total. The lowest BCUT2D eigenvalue weighted by atomic mass is 10.1. The van der Waals surface area contributed by atoms with Gasteiger partial charge in [-0.05, 0) is 40.8 Å². The zero-order chi connectivity index (χ0) is 10.4. The van der Waals surface area contributed by atoms with Crippen LogP contribution < -0.4 is 4.74 Å².